The zero-order valence-corrected chi connectivity index (χ0v) is 9.76. The Morgan fingerprint density at radius 3 is 3.18 bits per heavy atom. The Kier molecular flexibility index (Phi) is 3.72. The molecule has 0 saturated carbocycles. The van der Waals surface area contributed by atoms with Gasteiger partial charge in [-0.1, -0.05) is 0 Å². The summed E-state index contributed by atoms with van der Waals surface area (Å²) < 4.78 is 5.39. The van der Waals surface area contributed by atoms with E-state index in [1.165, 1.54) is 0 Å². The first-order chi connectivity index (χ1) is 8.22. The fourth-order valence-corrected chi connectivity index (χ4v) is 1.82. The minimum Gasteiger partial charge on any atom is -0.394 e. The molecule has 0 spiro atoms. The molecule has 1 saturated heterocycles. The van der Waals surface area contributed by atoms with Crippen LogP contribution in [0.4, 0.5) is 11.8 Å². The molecular weight excluding hydrogens is 222 g/mol. The van der Waals surface area contributed by atoms with Crippen molar-refractivity contribution in [3.63, 3.8) is 0 Å². The number of nitrogens with one attached hydrogen (secondary N) is 1. The van der Waals surface area contributed by atoms with Crippen molar-refractivity contribution in [2.24, 2.45) is 5.84 Å². The van der Waals surface area contributed by atoms with Gasteiger partial charge in [-0.05, 0) is 6.92 Å². The van der Waals surface area contributed by atoms with Crippen LogP contribution in [0.25, 0.3) is 0 Å². The molecule has 1 aromatic rings. The lowest BCUT2D eigenvalue weighted by molar-refractivity contribution is 0.00336. The lowest BCUT2D eigenvalue weighted by Gasteiger charge is -2.33. The van der Waals surface area contributed by atoms with Gasteiger partial charge in [0.25, 0.3) is 0 Å². The van der Waals surface area contributed by atoms with Gasteiger partial charge in [0.15, 0.2) is 0 Å². The van der Waals surface area contributed by atoms with Crippen LogP contribution in [0, 0.1) is 6.92 Å². The normalized spacial score (nSPS) is 20.4. The molecule has 1 aliphatic rings. The second-order valence-corrected chi connectivity index (χ2v) is 3.96. The summed E-state index contributed by atoms with van der Waals surface area (Å²) in [6.45, 7) is 3.85. The van der Waals surface area contributed by atoms with Crippen molar-refractivity contribution in [2.75, 3.05) is 36.6 Å². The van der Waals surface area contributed by atoms with Crippen molar-refractivity contribution in [1.29, 1.82) is 0 Å². The van der Waals surface area contributed by atoms with Gasteiger partial charge < -0.3 is 14.7 Å². The highest BCUT2D eigenvalue weighted by Gasteiger charge is 2.21. The van der Waals surface area contributed by atoms with Gasteiger partial charge in [0.1, 0.15) is 5.82 Å². The minimum absolute atomic E-state index is 0.0164. The maximum Gasteiger partial charge on any atom is 0.239 e. The molecule has 0 aromatic carbocycles. The molecule has 0 aliphatic carbocycles. The highest BCUT2D eigenvalue weighted by atomic mass is 16.5. The van der Waals surface area contributed by atoms with Gasteiger partial charge in [0.2, 0.25) is 5.95 Å². The summed E-state index contributed by atoms with van der Waals surface area (Å²) in [5.74, 6) is 6.51. The Balaban J connectivity index is 2.18. The summed E-state index contributed by atoms with van der Waals surface area (Å²) in [7, 11) is 0. The number of aliphatic hydroxyl groups is 1. The lowest BCUT2D eigenvalue weighted by atomic mass is 10.2. The average Bonchev–Trinajstić information content (AvgIpc) is 2.38. The summed E-state index contributed by atoms with van der Waals surface area (Å²) in [5.41, 5.74) is 3.29. The zero-order chi connectivity index (χ0) is 12.3. The second-order valence-electron chi connectivity index (χ2n) is 3.96. The summed E-state index contributed by atoms with van der Waals surface area (Å²) >= 11 is 0. The third-order valence-electron chi connectivity index (χ3n) is 2.64. The van der Waals surface area contributed by atoms with Gasteiger partial charge in [0.05, 0.1) is 19.3 Å². The largest absolute Gasteiger partial charge is 0.394 e. The maximum absolute atomic E-state index is 9.09. The van der Waals surface area contributed by atoms with E-state index in [1.54, 1.807) is 0 Å². The highest BCUT2D eigenvalue weighted by molar-refractivity contribution is 5.44. The molecule has 0 radical (unpaired) electrons. The van der Waals surface area contributed by atoms with Gasteiger partial charge in [-0.3, -0.25) is 5.43 Å². The number of hydrogen-bond acceptors (Lipinski definition) is 7. The Morgan fingerprint density at radius 1 is 1.65 bits per heavy atom. The molecule has 7 nitrogen and oxygen atoms in total. The van der Waals surface area contributed by atoms with Crippen LogP contribution in [0.1, 0.15) is 5.69 Å². The van der Waals surface area contributed by atoms with Crippen LogP contribution in [-0.2, 0) is 4.74 Å². The molecule has 0 amide bonds. The molecule has 4 N–H and O–H groups in total. The topological polar surface area (TPSA) is 96.5 Å². The Hall–Kier alpha value is -1.44. The van der Waals surface area contributed by atoms with Gasteiger partial charge in [0, 0.05) is 24.8 Å². The molecule has 1 aliphatic heterocycles. The van der Waals surface area contributed by atoms with Crippen molar-refractivity contribution in [1.82, 2.24) is 9.97 Å². The molecule has 2 rings (SSSR count). The Labute approximate surface area is 99.6 Å². The number of aryl methyl sites for hydroxylation is 1. The first-order valence-electron chi connectivity index (χ1n) is 5.52. The third-order valence-corrected chi connectivity index (χ3v) is 2.64. The average molecular weight is 239 g/mol. The number of hydrogen-bond donors (Lipinski definition) is 3. The van der Waals surface area contributed by atoms with Crippen molar-refractivity contribution in [3.8, 4) is 0 Å². The van der Waals surface area contributed by atoms with Crippen LogP contribution in [0.5, 0.6) is 0 Å². The maximum atomic E-state index is 9.09. The van der Waals surface area contributed by atoms with Gasteiger partial charge >= 0.3 is 0 Å². The number of aromatic nitrogens is 2. The SMILES string of the molecule is Cc1cc(N2CCOC(CO)C2)nc(NN)n1. The number of rotatable bonds is 3. The van der Waals surface area contributed by atoms with Crippen molar-refractivity contribution < 1.29 is 9.84 Å². The zero-order valence-electron chi connectivity index (χ0n) is 9.76. The molecular formula is C10H17N5O2. The molecule has 17 heavy (non-hydrogen) atoms. The molecule has 7 heteroatoms. The summed E-state index contributed by atoms with van der Waals surface area (Å²) in [5, 5.41) is 9.09. The number of anilines is 2. The molecule has 2 heterocycles. The van der Waals surface area contributed by atoms with Crippen LogP contribution < -0.4 is 16.2 Å². The molecule has 1 atom stereocenters. The fraction of sp³-hybridized carbons (Fsp3) is 0.600. The predicted molar refractivity (Wildman–Crippen MR) is 63.6 cm³/mol. The molecule has 1 unspecified atom stereocenters. The van der Waals surface area contributed by atoms with E-state index in [-0.39, 0.29) is 12.7 Å². The number of ether oxygens (including phenoxy) is 1. The number of hydrazine groups is 1. The Morgan fingerprint density at radius 2 is 2.47 bits per heavy atom. The molecule has 1 fully saturated rings. The fourth-order valence-electron chi connectivity index (χ4n) is 1.82. The van der Waals surface area contributed by atoms with Crippen LogP contribution in [0.15, 0.2) is 6.07 Å². The first-order valence-corrected chi connectivity index (χ1v) is 5.52. The van der Waals surface area contributed by atoms with Gasteiger partial charge in [-0.15, -0.1) is 0 Å². The van der Waals surface area contributed by atoms with Crippen LogP contribution in [-0.4, -0.2) is 47.5 Å². The highest BCUT2D eigenvalue weighted by Crippen LogP contribution is 2.17. The van der Waals surface area contributed by atoms with Crippen LogP contribution in [0.2, 0.25) is 0 Å². The lowest BCUT2D eigenvalue weighted by Crippen LogP contribution is -2.44. The second kappa shape index (κ2) is 5.26. The Bertz CT molecular complexity index is 387. The number of nitrogen functional groups attached to an aromatic ring is 1. The monoisotopic (exact) mass is 239 g/mol. The van der Waals surface area contributed by atoms with Crippen molar-refractivity contribution in [2.45, 2.75) is 13.0 Å². The van der Waals surface area contributed by atoms with Crippen LogP contribution in [0.3, 0.4) is 0 Å². The first kappa shape index (κ1) is 12.0. The summed E-state index contributed by atoms with van der Waals surface area (Å²) in [6.07, 6.45) is -0.159. The van der Waals surface area contributed by atoms with Crippen molar-refractivity contribution in [3.05, 3.63) is 11.8 Å². The molecule has 94 valence electrons. The predicted octanol–water partition coefficient (Wildman–Crippen LogP) is -0.732. The summed E-state index contributed by atoms with van der Waals surface area (Å²) in [4.78, 5) is 10.5. The van der Waals surface area contributed by atoms with E-state index in [4.69, 9.17) is 15.7 Å². The molecule has 1 aromatic heterocycles. The smallest absolute Gasteiger partial charge is 0.239 e. The number of aliphatic hydroxyl groups excluding tert-OH is 1. The van der Waals surface area contributed by atoms with Crippen molar-refractivity contribution >= 4 is 11.8 Å². The number of nitrogens with zero attached hydrogens (tertiary/aromatic N) is 3. The van der Waals surface area contributed by atoms with E-state index in [0.717, 1.165) is 18.1 Å². The molecule has 0 bridgehead atoms. The van der Waals surface area contributed by atoms with Gasteiger partial charge in [-0.2, -0.15) is 4.98 Å². The number of morpholine rings is 1. The third kappa shape index (κ3) is 2.82. The van der Waals surface area contributed by atoms with E-state index in [9.17, 15) is 0 Å². The minimum atomic E-state index is -0.159. The van der Waals surface area contributed by atoms with E-state index >= 15 is 0 Å². The quantitative estimate of drug-likeness (QED) is 0.472. The van der Waals surface area contributed by atoms with Gasteiger partial charge in [-0.25, -0.2) is 10.8 Å². The van der Waals surface area contributed by atoms with Crippen LogP contribution >= 0.6 is 0 Å². The van der Waals surface area contributed by atoms with E-state index in [1.807, 2.05) is 13.0 Å². The van der Waals surface area contributed by atoms with E-state index in [0.29, 0.717) is 19.1 Å². The summed E-state index contributed by atoms with van der Waals surface area (Å²) in [6, 6.07) is 1.89. The number of nitrogens with two attached hydrogens (primary N) is 1. The van der Waals surface area contributed by atoms with E-state index in [2.05, 4.69) is 20.3 Å². The standard InChI is InChI=1S/C10H17N5O2/c1-7-4-9(13-10(12-7)14-11)15-2-3-17-8(5-15)6-16/h4,8,16H,2-3,5-6,11H2,1H3,(H,12,13,14). The van der Waals surface area contributed by atoms with E-state index < -0.39 is 0 Å².